The number of rotatable bonds is 3. The number of aryl methyl sites for hydroxylation is 2. The first kappa shape index (κ1) is 15.7. The first-order valence-corrected chi connectivity index (χ1v) is 8.46. The quantitative estimate of drug-likeness (QED) is 0.728. The van der Waals surface area contributed by atoms with Crippen LogP contribution in [0.5, 0.6) is 5.75 Å². The van der Waals surface area contributed by atoms with Crippen molar-refractivity contribution in [2.24, 2.45) is 7.05 Å². The van der Waals surface area contributed by atoms with E-state index >= 15 is 0 Å². The van der Waals surface area contributed by atoms with Crippen molar-refractivity contribution < 1.29 is 4.74 Å². The number of fused-ring (bicyclic) bond motifs is 1. The van der Waals surface area contributed by atoms with Crippen LogP contribution in [0.4, 0.5) is 11.5 Å². The number of aromatic nitrogens is 4. The molecule has 3 aromatic rings. The van der Waals surface area contributed by atoms with Crippen LogP contribution in [0.3, 0.4) is 0 Å². The molecule has 1 aliphatic heterocycles. The van der Waals surface area contributed by atoms with Gasteiger partial charge in [0, 0.05) is 45.0 Å². The molecule has 0 amide bonds. The van der Waals surface area contributed by atoms with E-state index < -0.39 is 0 Å². The Hall–Kier alpha value is -2.83. The SMILES string of the molecule is COc1cccc(N2CCN(c3nc(C)nc4c3cnn4C)CC2)c1. The van der Waals surface area contributed by atoms with Crippen molar-refractivity contribution in [3.63, 3.8) is 0 Å². The summed E-state index contributed by atoms with van der Waals surface area (Å²) in [6, 6.07) is 8.23. The first-order valence-electron chi connectivity index (χ1n) is 8.46. The standard InChI is InChI=1S/C18H22N6O/c1-13-20-17-16(12-19-22(17)2)18(21-13)24-9-7-23(8-10-24)14-5-4-6-15(11-14)25-3/h4-6,11-12H,7-10H2,1-3H3. The van der Waals surface area contributed by atoms with Crippen LogP contribution >= 0.6 is 0 Å². The predicted molar refractivity (Wildman–Crippen MR) is 98.5 cm³/mol. The molecule has 3 heterocycles. The molecule has 0 N–H and O–H groups in total. The minimum absolute atomic E-state index is 0.779. The highest BCUT2D eigenvalue weighted by molar-refractivity contribution is 5.87. The van der Waals surface area contributed by atoms with Gasteiger partial charge in [-0.2, -0.15) is 5.10 Å². The summed E-state index contributed by atoms with van der Waals surface area (Å²) in [5, 5.41) is 5.35. The van der Waals surface area contributed by atoms with Crippen LogP contribution in [0.25, 0.3) is 11.0 Å². The minimum Gasteiger partial charge on any atom is -0.497 e. The maximum atomic E-state index is 5.34. The van der Waals surface area contributed by atoms with E-state index in [9.17, 15) is 0 Å². The zero-order valence-electron chi connectivity index (χ0n) is 14.8. The van der Waals surface area contributed by atoms with E-state index in [-0.39, 0.29) is 0 Å². The third-order valence-corrected chi connectivity index (χ3v) is 4.68. The molecular formula is C18H22N6O. The zero-order valence-corrected chi connectivity index (χ0v) is 14.8. The van der Waals surface area contributed by atoms with Crippen LogP contribution in [0.15, 0.2) is 30.5 Å². The lowest BCUT2D eigenvalue weighted by Crippen LogP contribution is -2.47. The maximum absolute atomic E-state index is 5.34. The largest absolute Gasteiger partial charge is 0.497 e. The molecule has 0 aliphatic carbocycles. The molecule has 0 atom stereocenters. The molecule has 1 aromatic carbocycles. The highest BCUT2D eigenvalue weighted by Gasteiger charge is 2.22. The van der Waals surface area contributed by atoms with Crippen LogP contribution < -0.4 is 14.5 Å². The number of anilines is 2. The van der Waals surface area contributed by atoms with Crippen molar-refractivity contribution in [2.45, 2.75) is 6.92 Å². The Balaban J connectivity index is 1.56. The van der Waals surface area contributed by atoms with E-state index in [1.165, 1.54) is 5.69 Å². The van der Waals surface area contributed by atoms with Crippen molar-refractivity contribution in [1.29, 1.82) is 0 Å². The third-order valence-electron chi connectivity index (χ3n) is 4.68. The molecule has 130 valence electrons. The lowest BCUT2D eigenvalue weighted by Gasteiger charge is -2.37. The molecule has 1 saturated heterocycles. The van der Waals surface area contributed by atoms with Gasteiger partial charge in [-0.15, -0.1) is 0 Å². The predicted octanol–water partition coefficient (Wildman–Crippen LogP) is 2.01. The molecule has 7 heteroatoms. The molecule has 0 spiro atoms. The second-order valence-electron chi connectivity index (χ2n) is 6.28. The van der Waals surface area contributed by atoms with Gasteiger partial charge in [0.05, 0.1) is 18.7 Å². The van der Waals surface area contributed by atoms with Crippen LogP contribution in [0.1, 0.15) is 5.82 Å². The number of hydrogen-bond donors (Lipinski definition) is 0. The lowest BCUT2D eigenvalue weighted by molar-refractivity contribution is 0.414. The van der Waals surface area contributed by atoms with Gasteiger partial charge in [0.25, 0.3) is 0 Å². The van der Waals surface area contributed by atoms with Crippen LogP contribution in [-0.4, -0.2) is 53.0 Å². The minimum atomic E-state index is 0.779. The summed E-state index contributed by atoms with van der Waals surface area (Å²) < 4.78 is 7.14. The number of piperazine rings is 1. The van der Waals surface area contributed by atoms with E-state index in [4.69, 9.17) is 4.74 Å². The molecular weight excluding hydrogens is 316 g/mol. The van der Waals surface area contributed by atoms with Gasteiger partial charge < -0.3 is 14.5 Å². The van der Waals surface area contributed by atoms with E-state index in [0.29, 0.717) is 0 Å². The lowest BCUT2D eigenvalue weighted by atomic mass is 10.2. The van der Waals surface area contributed by atoms with Gasteiger partial charge in [0.1, 0.15) is 17.4 Å². The smallest absolute Gasteiger partial charge is 0.163 e. The van der Waals surface area contributed by atoms with Gasteiger partial charge in [-0.05, 0) is 19.1 Å². The van der Waals surface area contributed by atoms with Crippen molar-refractivity contribution >= 4 is 22.5 Å². The molecule has 1 fully saturated rings. The van der Waals surface area contributed by atoms with Crippen molar-refractivity contribution in [3.05, 3.63) is 36.3 Å². The fraction of sp³-hybridized carbons (Fsp3) is 0.389. The van der Waals surface area contributed by atoms with Crippen LogP contribution in [-0.2, 0) is 7.05 Å². The Morgan fingerprint density at radius 2 is 1.80 bits per heavy atom. The first-order chi connectivity index (χ1) is 12.2. The van der Waals surface area contributed by atoms with Gasteiger partial charge in [-0.3, -0.25) is 4.68 Å². The average Bonchev–Trinajstić information content (AvgIpc) is 3.02. The Morgan fingerprint density at radius 3 is 2.56 bits per heavy atom. The fourth-order valence-electron chi connectivity index (χ4n) is 3.34. The number of hydrogen-bond acceptors (Lipinski definition) is 6. The topological polar surface area (TPSA) is 59.3 Å². The Labute approximate surface area is 146 Å². The molecule has 2 aromatic heterocycles. The molecule has 0 bridgehead atoms. The zero-order chi connectivity index (χ0) is 17.4. The molecule has 25 heavy (non-hydrogen) atoms. The van der Waals surface area contributed by atoms with E-state index in [0.717, 1.165) is 54.6 Å². The summed E-state index contributed by atoms with van der Waals surface area (Å²) in [7, 11) is 3.62. The molecule has 7 nitrogen and oxygen atoms in total. The van der Waals surface area contributed by atoms with Crippen molar-refractivity contribution in [1.82, 2.24) is 19.7 Å². The second kappa shape index (κ2) is 6.23. The molecule has 0 saturated carbocycles. The van der Waals surface area contributed by atoms with E-state index in [2.05, 4.69) is 37.0 Å². The van der Waals surface area contributed by atoms with Gasteiger partial charge in [0.2, 0.25) is 0 Å². The van der Waals surface area contributed by atoms with Crippen molar-refractivity contribution in [2.75, 3.05) is 43.1 Å². The van der Waals surface area contributed by atoms with Gasteiger partial charge in [0.15, 0.2) is 5.65 Å². The number of methoxy groups -OCH3 is 1. The Morgan fingerprint density at radius 1 is 1.04 bits per heavy atom. The maximum Gasteiger partial charge on any atom is 0.163 e. The van der Waals surface area contributed by atoms with E-state index in [1.54, 1.807) is 11.8 Å². The number of nitrogens with zero attached hydrogens (tertiary/aromatic N) is 6. The Kier molecular flexibility index (Phi) is 3.91. The monoisotopic (exact) mass is 338 g/mol. The Bertz CT molecular complexity index is 898. The van der Waals surface area contributed by atoms with Crippen molar-refractivity contribution in [3.8, 4) is 5.75 Å². The van der Waals surface area contributed by atoms with Crippen LogP contribution in [0.2, 0.25) is 0 Å². The molecule has 1 aliphatic rings. The normalized spacial score (nSPS) is 15.0. The van der Waals surface area contributed by atoms with Crippen LogP contribution in [0, 0.1) is 6.92 Å². The molecule has 4 rings (SSSR count). The van der Waals surface area contributed by atoms with Gasteiger partial charge in [-0.25, -0.2) is 9.97 Å². The number of benzene rings is 1. The van der Waals surface area contributed by atoms with E-state index in [1.807, 2.05) is 32.3 Å². The summed E-state index contributed by atoms with van der Waals surface area (Å²) in [5.41, 5.74) is 2.09. The highest BCUT2D eigenvalue weighted by atomic mass is 16.5. The summed E-state index contributed by atoms with van der Waals surface area (Å²) in [4.78, 5) is 13.9. The summed E-state index contributed by atoms with van der Waals surface area (Å²) in [5.74, 6) is 2.66. The second-order valence-corrected chi connectivity index (χ2v) is 6.28. The fourth-order valence-corrected chi connectivity index (χ4v) is 3.34. The van der Waals surface area contributed by atoms with Gasteiger partial charge in [-0.1, -0.05) is 6.07 Å². The summed E-state index contributed by atoms with van der Waals surface area (Å²) in [6.07, 6.45) is 1.86. The third kappa shape index (κ3) is 2.86. The number of ether oxygens (including phenoxy) is 1. The highest BCUT2D eigenvalue weighted by Crippen LogP contribution is 2.27. The average molecular weight is 338 g/mol. The summed E-state index contributed by atoms with van der Waals surface area (Å²) in [6.45, 7) is 5.65. The molecule has 0 unspecified atom stereocenters. The summed E-state index contributed by atoms with van der Waals surface area (Å²) >= 11 is 0. The molecule has 0 radical (unpaired) electrons. The van der Waals surface area contributed by atoms with Gasteiger partial charge >= 0.3 is 0 Å².